The number of rotatable bonds is 5. The van der Waals surface area contributed by atoms with Gasteiger partial charge < -0.3 is 5.11 Å². The lowest BCUT2D eigenvalue weighted by Crippen LogP contribution is -2.32. The summed E-state index contributed by atoms with van der Waals surface area (Å²) in [6, 6.07) is 10.2. The fraction of sp³-hybridized carbons (Fsp3) is 0.375. The summed E-state index contributed by atoms with van der Waals surface area (Å²) in [5.74, 6) is 0. The largest absolute Gasteiger partial charge is 0.387 e. The van der Waals surface area contributed by atoms with Crippen molar-refractivity contribution in [3.05, 3.63) is 60.2 Å². The molecule has 19 heavy (non-hydrogen) atoms. The second kappa shape index (κ2) is 5.93. The Hall–Kier alpha value is -1.74. The Balaban J connectivity index is 2.45. The zero-order valence-corrected chi connectivity index (χ0v) is 11.5. The van der Waals surface area contributed by atoms with Crippen molar-refractivity contribution in [1.82, 2.24) is 9.97 Å². The van der Waals surface area contributed by atoms with Crippen molar-refractivity contribution in [2.75, 3.05) is 0 Å². The van der Waals surface area contributed by atoms with Crippen LogP contribution in [0.3, 0.4) is 0 Å². The third kappa shape index (κ3) is 2.51. The van der Waals surface area contributed by atoms with Gasteiger partial charge in [-0.3, -0.25) is 0 Å². The predicted molar refractivity (Wildman–Crippen MR) is 75.7 cm³/mol. The summed E-state index contributed by atoms with van der Waals surface area (Å²) in [4.78, 5) is 8.02. The van der Waals surface area contributed by atoms with Crippen molar-refractivity contribution >= 4 is 0 Å². The monoisotopic (exact) mass is 256 g/mol. The predicted octanol–water partition coefficient (Wildman–Crippen LogP) is 3.27. The molecule has 0 saturated carbocycles. The molecule has 0 spiro atoms. The second-order valence-corrected chi connectivity index (χ2v) is 4.80. The quantitative estimate of drug-likeness (QED) is 0.893. The average molecular weight is 256 g/mol. The Bertz CT molecular complexity index is 495. The van der Waals surface area contributed by atoms with Gasteiger partial charge in [0, 0.05) is 23.4 Å². The molecule has 0 aliphatic heterocycles. The first kappa shape index (κ1) is 13.7. The van der Waals surface area contributed by atoms with Gasteiger partial charge >= 0.3 is 0 Å². The zero-order valence-electron chi connectivity index (χ0n) is 11.5. The minimum Gasteiger partial charge on any atom is -0.387 e. The Morgan fingerprint density at radius 1 is 1.05 bits per heavy atom. The van der Waals surface area contributed by atoms with E-state index in [1.54, 1.807) is 12.4 Å². The van der Waals surface area contributed by atoms with Crippen LogP contribution in [0.2, 0.25) is 0 Å². The molecular formula is C16H20N2O. The van der Waals surface area contributed by atoms with Crippen LogP contribution in [0.15, 0.2) is 49.1 Å². The first-order valence-corrected chi connectivity index (χ1v) is 6.73. The summed E-state index contributed by atoms with van der Waals surface area (Å²) in [5.41, 5.74) is 1.65. The molecule has 0 aliphatic rings. The molecule has 1 atom stereocenters. The van der Waals surface area contributed by atoms with E-state index in [1.807, 2.05) is 18.2 Å². The van der Waals surface area contributed by atoms with Gasteiger partial charge in [-0.15, -0.1) is 0 Å². The molecular weight excluding hydrogens is 236 g/mol. The van der Waals surface area contributed by atoms with E-state index in [9.17, 15) is 5.11 Å². The molecule has 100 valence electrons. The van der Waals surface area contributed by atoms with E-state index in [0.29, 0.717) is 0 Å². The normalized spacial score (nSPS) is 13.2. The highest BCUT2D eigenvalue weighted by molar-refractivity contribution is 5.30. The number of aliphatic hydroxyl groups is 1. The SMILES string of the molecule is CCC(CC)(c1ccccc1)C(O)c1cncnc1. The lowest BCUT2D eigenvalue weighted by molar-refractivity contribution is 0.0721. The molecule has 1 unspecified atom stereocenters. The van der Waals surface area contributed by atoms with Crippen molar-refractivity contribution in [3.63, 3.8) is 0 Å². The highest BCUT2D eigenvalue weighted by Gasteiger charge is 2.37. The third-order valence-corrected chi connectivity index (χ3v) is 4.03. The molecule has 2 aromatic rings. The number of nitrogens with zero attached hydrogens (tertiary/aromatic N) is 2. The van der Waals surface area contributed by atoms with Crippen LogP contribution in [0, 0.1) is 0 Å². The van der Waals surface area contributed by atoms with Gasteiger partial charge in [-0.1, -0.05) is 44.2 Å². The summed E-state index contributed by atoms with van der Waals surface area (Å²) < 4.78 is 0. The van der Waals surface area contributed by atoms with E-state index in [4.69, 9.17) is 0 Å². The smallest absolute Gasteiger partial charge is 0.115 e. The molecule has 0 amide bonds. The number of benzene rings is 1. The summed E-state index contributed by atoms with van der Waals surface area (Å²) >= 11 is 0. The maximum absolute atomic E-state index is 10.8. The van der Waals surface area contributed by atoms with Crippen LogP contribution in [0.5, 0.6) is 0 Å². The van der Waals surface area contributed by atoms with Crippen LogP contribution >= 0.6 is 0 Å². The van der Waals surface area contributed by atoms with Crippen molar-refractivity contribution < 1.29 is 5.11 Å². The zero-order chi connectivity index (χ0) is 13.7. The van der Waals surface area contributed by atoms with Gasteiger partial charge in [0.25, 0.3) is 0 Å². The third-order valence-electron chi connectivity index (χ3n) is 4.03. The topological polar surface area (TPSA) is 46.0 Å². The van der Waals surface area contributed by atoms with Crippen molar-refractivity contribution in [2.45, 2.75) is 38.2 Å². The minimum atomic E-state index is -0.592. The molecule has 3 nitrogen and oxygen atoms in total. The Kier molecular flexibility index (Phi) is 4.27. The Morgan fingerprint density at radius 2 is 1.63 bits per heavy atom. The summed E-state index contributed by atoms with van der Waals surface area (Å²) in [6.45, 7) is 4.23. The first-order valence-electron chi connectivity index (χ1n) is 6.73. The maximum atomic E-state index is 10.8. The van der Waals surface area contributed by atoms with Gasteiger partial charge in [0.15, 0.2) is 0 Å². The van der Waals surface area contributed by atoms with E-state index in [-0.39, 0.29) is 5.41 Å². The standard InChI is InChI=1S/C16H20N2O/c1-3-16(4-2,14-8-6-5-7-9-14)15(19)13-10-17-12-18-11-13/h5-12,15,19H,3-4H2,1-2H3. The van der Waals surface area contributed by atoms with Gasteiger partial charge in [-0.05, 0) is 18.4 Å². The van der Waals surface area contributed by atoms with Gasteiger partial charge in [0.05, 0.1) is 6.10 Å². The molecule has 0 radical (unpaired) electrons. The van der Waals surface area contributed by atoms with E-state index < -0.39 is 6.10 Å². The molecule has 0 saturated heterocycles. The van der Waals surface area contributed by atoms with E-state index in [0.717, 1.165) is 24.0 Å². The molecule has 2 rings (SSSR count). The molecule has 0 bridgehead atoms. The summed E-state index contributed by atoms with van der Waals surface area (Å²) in [5, 5.41) is 10.8. The van der Waals surface area contributed by atoms with Crippen molar-refractivity contribution in [1.29, 1.82) is 0 Å². The Labute approximate surface area is 114 Å². The van der Waals surface area contributed by atoms with E-state index in [1.165, 1.54) is 6.33 Å². The molecule has 1 aromatic carbocycles. The van der Waals surface area contributed by atoms with E-state index >= 15 is 0 Å². The highest BCUT2D eigenvalue weighted by atomic mass is 16.3. The molecule has 3 heteroatoms. The van der Waals surface area contributed by atoms with Gasteiger partial charge in [-0.25, -0.2) is 9.97 Å². The molecule has 1 N–H and O–H groups in total. The summed E-state index contributed by atoms with van der Waals surface area (Å²) in [7, 11) is 0. The first-order chi connectivity index (χ1) is 9.24. The van der Waals surface area contributed by atoms with Crippen LogP contribution in [0.1, 0.15) is 43.9 Å². The number of hydrogen-bond acceptors (Lipinski definition) is 3. The molecule has 1 heterocycles. The van der Waals surface area contributed by atoms with Crippen molar-refractivity contribution in [2.24, 2.45) is 0 Å². The fourth-order valence-corrected chi connectivity index (χ4v) is 2.74. The van der Waals surface area contributed by atoms with Crippen LogP contribution in [-0.4, -0.2) is 15.1 Å². The Morgan fingerprint density at radius 3 is 2.16 bits per heavy atom. The van der Waals surface area contributed by atoms with Crippen LogP contribution in [-0.2, 0) is 5.41 Å². The number of aliphatic hydroxyl groups excluding tert-OH is 1. The van der Waals surface area contributed by atoms with Crippen LogP contribution in [0.25, 0.3) is 0 Å². The second-order valence-electron chi connectivity index (χ2n) is 4.80. The van der Waals surface area contributed by atoms with Crippen LogP contribution < -0.4 is 0 Å². The maximum Gasteiger partial charge on any atom is 0.115 e. The minimum absolute atomic E-state index is 0.286. The van der Waals surface area contributed by atoms with Gasteiger partial charge in [0.1, 0.15) is 6.33 Å². The number of hydrogen-bond donors (Lipinski definition) is 1. The highest BCUT2D eigenvalue weighted by Crippen LogP contribution is 2.42. The molecule has 1 aromatic heterocycles. The lowest BCUT2D eigenvalue weighted by Gasteiger charge is -2.37. The lowest BCUT2D eigenvalue weighted by atomic mass is 9.70. The molecule has 0 aliphatic carbocycles. The van der Waals surface area contributed by atoms with Gasteiger partial charge in [0.2, 0.25) is 0 Å². The van der Waals surface area contributed by atoms with E-state index in [2.05, 4.69) is 35.9 Å². The fourth-order valence-electron chi connectivity index (χ4n) is 2.74. The average Bonchev–Trinajstić information content (AvgIpc) is 2.51. The van der Waals surface area contributed by atoms with Gasteiger partial charge in [-0.2, -0.15) is 0 Å². The van der Waals surface area contributed by atoms with Crippen molar-refractivity contribution in [3.8, 4) is 0 Å². The molecule has 0 fully saturated rings. The number of aromatic nitrogens is 2. The summed E-state index contributed by atoms with van der Waals surface area (Å²) in [6.07, 6.45) is 6.01. The van der Waals surface area contributed by atoms with Crippen LogP contribution in [0.4, 0.5) is 0 Å².